The van der Waals surface area contributed by atoms with Crippen molar-refractivity contribution < 1.29 is 14.3 Å². The molecule has 0 bridgehead atoms. The number of methoxy groups -OCH3 is 1. The number of nitrogens with one attached hydrogen (secondary N) is 1. The topological polar surface area (TPSA) is 47.6 Å². The van der Waals surface area contributed by atoms with E-state index in [9.17, 15) is 4.79 Å². The molecule has 0 spiro atoms. The molecule has 0 saturated heterocycles. The van der Waals surface area contributed by atoms with Crippen molar-refractivity contribution >= 4 is 5.91 Å². The van der Waals surface area contributed by atoms with Crippen molar-refractivity contribution in [3.63, 3.8) is 0 Å². The van der Waals surface area contributed by atoms with Crippen LogP contribution in [0.2, 0.25) is 0 Å². The first-order chi connectivity index (χ1) is 14.3. The highest BCUT2D eigenvalue weighted by Gasteiger charge is 1.99. The lowest BCUT2D eigenvalue weighted by Crippen LogP contribution is -2.27. The van der Waals surface area contributed by atoms with Crippen molar-refractivity contribution in [1.29, 1.82) is 0 Å². The third-order valence-corrected chi connectivity index (χ3v) is 3.93. The van der Waals surface area contributed by atoms with Crippen molar-refractivity contribution in [2.45, 2.75) is 58.3 Å². The maximum atomic E-state index is 11.7. The van der Waals surface area contributed by atoms with Gasteiger partial charge in [-0.25, -0.2) is 0 Å². The summed E-state index contributed by atoms with van der Waals surface area (Å²) in [5.74, 6) is 0.0905. The molecular weight excluding hydrogens is 362 g/mol. The summed E-state index contributed by atoms with van der Waals surface area (Å²) in [7, 11) is 1.64. The number of carbonyl (C=O) groups is 1. The Balaban J connectivity index is 3.47. The van der Waals surface area contributed by atoms with Crippen LogP contribution in [0.3, 0.4) is 0 Å². The van der Waals surface area contributed by atoms with Crippen LogP contribution >= 0.6 is 0 Å². The van der Waals surface area contributed by atoms with Gasteiger partial charge >= 0.3 is 0 Å². The largest absolute Gasteiger partial charge is 0.382 e. The normalized spacial score (nSPS) is 12.5. The average Bonchev–Trinajstić information content (AvgIpc) is 2.73. The second-order valence-electron chi connectivity index (χ2n) is 6.56. The monoisotopic (exact) mass is 403 g/mol. The SMILES string of the molecule is CC/C=C\C/C=C\C/C=C\C/C=C\C/C=C\CCCC(=O)NCCOCCOC. The molecule has 0 saturated carbocycles. The summed E-state index contributed by atoms with van der Waals surface area (Å²) in [5.41, 5.74) is 0. The lowest BCUT2D eigenvalue weighted by molar-refractivity contribution is -0.121. The predicted octanol–water partition coefficient (Wildman–Crippen LogP) is 5.69. The molecule has 0 radical (unpaired) electrons. The quantitative estimate of drug-likeness (QED) is 0.223. The molecule has 4 heteroatoms. The maximum absolute atomic E-state index is 11.7. The van der Waals surface area contributed by atoms with Gasteiger partial charge in [0, 0.05) is 20.1 Å². The Hall–Kier alpha value is -1.91. The number of unbranched alkanes of at least 4 members (excludes halogenated alkanes) is 1. The molecule has 0 aliphatic rings. The van der Waals surface area contributed by atoms with Crippen LogP contribution in [0.4, 0.5) is 0 Å². The van der Waals surface area contributed by atoms with Gasteiger partial charge in [-0.2, -0.15) is 0 Å². The molecule has 4 nitrogen and oxygen atoms in total. The van der Waals surface area contributed by atoms with Crippen LogP contribution in [0.5, 0.6) is 0 Å². The summed E-state index contributed by atoms with van der Waals surface area (Å²) in [5, 5.41) is 2.86. The fraction of sp³-hybridized carbons (Fsp3) is 0.560. The smallest absolute Gasteiger partial charge is 0.220 e. The summed E-state index contributed by atoms with van der Waals surface area (Å²) in [6.07, 6.45) is 29.3. The number of carbonyl (C=O) groups excluding carboxylic acids is 1. The van der Waals surface area contributed by atoms with Crippen molar-refractivity contribution in [3.05, 3.63) is 60.8 Å². The Morgan fingerprint density at radius 3 is 1.86 bits per heavy atom. The molecule has 0 heterocycles. The number of hydrogen-bond acceptors (Lipinski definition) is 3. The Labute approximate surface area is 178 Å². The average molecular weight is 404 g/mol. The molecule has 1 amide bonds. The molecule has 0 unspecified atom stereocenters. The third-order valence-electron chi connectivity index (χ3n) is 3.93. The van der Waals surface area contributed by atoms with Crippen molar-refractivity contribution in [3.8, 4) is 0 Å². The van der Waals surface area contributed by atoms with Crippen LogP contribution in [0.1, 0.15) is 58.3 Å². The fourth-order valence-electron chi connectivity index (χ4n) is 2.34. The third kappa shape index (κ3) is 24.1. The first-order valence-corrected chi connectivity index (χ1v) is 10.9. The van der Waals surface area contributed by atoms with Gasteiger partial charge < -0.3 is 14.8 Å². The van der Waals surface area contributed by atoms with Gasteiger partial charge in [-0.05, 0) is 44.9 Å². The Kier molecular flexibility index (Phi) is 22.5. The summed E-state index contributed by atoms with van der Waals surface area (Å²) in [6, 6.07) is 0. The minimum absolute atomic E-state index is 0.0905. The number of allylic oxidation sites excluding steroid dienone is 10. The molecule has 0 aliphatic heterocycles. The van der Waals surface area contributed by atoms with Gasteiger partial charge in [0.15, 0.2) is 0 Å². The van der Waals surface area contributed by atoms with E-state index in [1.807, 2.05) is 0 Å². The van der Waals surface area contributed by atoms with Gasteiger partial charge in [0.05, 0.1) is 19.8 Å². The van der Waals surface area contributed by atoms with Gasteiger partial charge in [-0.3, -0.25) is 4.79 Å². The van der Waals surface area contributed by atoms with E-state index in [2.05, 4.69) is 73.0 Å². The molecule has 29 heavy (non-hydrogen) atoms. The molecule has 0 aromatic heterocycles. The van der Waals surface area contributed by atoms with Gasteiger partial charge in [-0.1, -0.05) is 67.7 Å². The van der Waals surface area contributed by atoms with Crippen LogP contribution in [-0.4, -0.2) is 39.4 Å². The maximum Gasteiger partial charge on any atom is 0.220 e. The zero-order valence-corrected chi connectivity index (χ0v) is 18.5. The Morgan fingerprint density at radius 2 is 1.31 bits per heavy atom. The van der Waals surface area contributed by atoms with Crippen LogP contribution in [0.25, 0.3) is 0 Å². The highest BCUT2D eigenvalue weighted by atomic mass is 16.5. The van der Waals surface area contributed by atoms with E-state index in [0.717, 1.165) is 44.9 Å². The summed E-state index contributed by atoms with van der Waals surface area (Å²) < 4.78 is 10.2. The Morgan fingerprint density at radius 1 is 0.759 bits per heavy atom. The Bertz CT molecular complexity index is 504. The number of ether oxygens (including phenoxy) is 2. The fourth-order valence-corrected chi connectivity index (χ4v) is 2.34. The van der Waals surface area contributed by atoms with Crippen LogP contribution in [-0.2, 0) is 14.3 Å². The van der Waals surface area contributed by atoms with E-state index in [1.54, 1.807) is 7.11 Å². The molecule has 0 aromatic carbocycles. The highest BCUT2D eigenvalue weighted by Crippen LogP contribution is 1.99. The molecule has 0 rings (SSSR count). The summed E-state index contributed by atoms with van der Waals surface area (Å²) in [4.78, 5) is 11.7. The second-order valence-corrected chi connectivity index (χ2v) is 6.56. The zero-order valence-electron chi connectivity index (χ0n) is 18.5. The number of amides is 1. The van der Waals surface area contributed by atoms with E-state index in [-0.39, 0.29) is 5.91 Å². The molecule has 1 N–H and O–H groups in total. The summed E-state index contributed by atoms with van der Waals surface area (Å²) in [6.45, 7) is 4.39. The molecule has 0 atom stereocenters. The van der Waals surface area contributed by atoms with Crippen molar-refractivity contribution in [2.75, 3.05) is 33.5 Å². The standard InChI is InChI=1S/C25H41NO3/c1-3-4-5-6-7-8-9-10-11-12-13-14-15-16-17-18-19-20-25(27)26-21-22-29-24-23-28-2/h4-5,7-8,10-11,13-14,16-17H,3,6,9,12,15,18-24H2,1-2H3,(H,26,27)/b5-4-,8-7-,11-10-,14-13-,17-16-. The minimum Gasteiger partial charge on any atom is -0.382 e. The van der Waals surface area contributed by atoms with E-state index in [0.29, 0.717) is 32.8 Å². The second kappa shape index (κ2) is 24.1. The van der Waals surface area contributed by atoms with E-state index in [1.165, 1.54) is 0 Å². The van der Waals surface area contributed by atoms with Gasteiger partial charge in [0.1, 0.15) is 0 Å². The molecule has 164 valence electrons. The van der Waals surface area contributed by atoms with Crippen LogP contribution in [0, 0.1) is 0 Å². The lowest BCUT2D eigenvalue weighted by atomic mass is 10.2. The van der Waals surface area contributed by atoms with Gasteiger partial charge in [-0.15, -0.1) is 0 Å². The van der Waals surface area contributed by atoms with Crippen LogP contribution < -0.4 is 5.32 Å². The number of rotatable bonds is 19. The summed E-state index contributed by atoms with van der Waals surface area (Å²) >= 11 is 0. The first kappa shape index (κ1) is 27.1. The van der Waals surface area contributed by atoms with Crippen molar-refractivity contribution in [2.24, 2.45) is 0 Å². The molecule has 0 aliphatic carbocycles. The minimum atomic E-state index is 0.0905. The predicted molar refractivity (Wildman–Crippen MR) is 124 cm³/mol. The van der Waals surface area contributed by atoms with Gasteiger partial charge in [0.25, 0.3) is 0 Å². The van der Waals surface area contributed by atoms with Crippen molar-refractivity contribution in [1.82, 2.24) is 5.32 Å². The first-order valence-electron chi connectivity index (χ1n) is 10.9. The van der Waals surface area contributed by atoms with Crippen LogP contribution in [0.15, 0.2) is 60.8 Å². The number of hydrogen-bond donors (Lipinski definition) is 1. The molecule has 0 fully saturated rings. The van der Waals surface area contributed by atoms with E-state index >= 15 is 0 Å². The highest BCUT2D eigenvalue weighted by molar-refractivity contribution is 5.75. The lowest BCUT2D eigenvalue weighted by Gasteiger charge is -2.05. The van der Waals surface area contributed by atoms with E-state index < -0.39 is 0 Å². The van der Waals surface area contributed by atoms with E-state index in [4.69, 9.17) is 9.47 Å². The molecular formula is C25H41NO3. The van der Waals surface area contributed by atoms with Gasteiger partial charge in [0.2, 0.25) is 5.91 Å². The zero-order chi connectivity index (χ0) is 21.3. The molecule has 0 aromatic rings.